The highest BCUT2D eigenvalue weighted by molar-refractivity contribution is 7.16. The highest BCUT2D eigenvalue weighted by atomic mass is 32.1. The molecule has 30 heavy (non-hydrogen) atoms. The van der Waals surface area contributed by atoms with Gasteiger partial charge in [-0.2, -0.15) is 0 Å². The fourth-order valence-corrected chi connectivity index (χ4v) is 4.15. The van der Waals surface area contributed by atoms with Crippen molar-refractivity contribution in [3.05, 3.63) is 41.4 Å². The lowest BCUT2D eigenvalue weighted by atomic mass is 10.1. The molecule has 1 fully saturated rings. The fourth-order valence-electron chi connectivity index (χ4n) is 3.44. The zero-order valence-corrected chi connectivity index (χ0v) is 18.0. The number of carbonyl (C=O) groups excluding carboxylic acids is 1. The third-order valence-corrected chi connectivity index (χ3v) is 5.65. The molecule has 2 heterocycles. The molecule has 1 aliphatic heterocycles. The monoisotopic (exact) mass is 427 g/mol. The SMILES string of the molecule is CCOc1cc(N2CCOCC2)c(OCC)cc1NC(=O)c1ccc2ncsc2c1. The summed E-state index contributed by atoms with van der Waals surface area (Å²) < 4.78 is 18.2. The molecule has 0 radical (unpaired) electrons. The second kappa shape index (κ2) is 9.32. The van der Waals surface area contributed by atoms with Crippen LogP contribution in [0.15, 0.2) is 35.8 Å². The molecule has 1 aromatic heterocycles. The second-order valence-electron chi connectivity index (χ2n) is 6.77. The number of aromatic nitrogens is 1. The van der Waals surface area contributed by atoms with Crippen LogP contribution < -0.4 is 19.7 Å². The highest BCUT2D eigenvalue weighted by Crippen LogP contribution is 2.39. The van der Waals surface area contributed by atoms with E-state index in [1.807, 2.05) is 38.1 Å². The average Bonchev–Trinajstić information content (AvgIpc) is 3.24. The van der Waals surface area contributed by atoms with Crippen molar-refractivity contribution in [2.24, 2.45) is 0 Å². The van der Waals surface area contributed by atoms with Gasteiger partial charge in [0.05, 0.1) is 53.5 Å². The Morgan fingerprint density at radius 2 is 1.90 bits per heavy atom. The van der Waals surface area contributed by atoms with E-state index in [9.17, 15) is 4.79 Å². The molecule has 0 spiro atoms. The van der Waals surface area contributed by atoms with Crippen LogP contribution in [-0.2, 0) is 4.74 Å². The summed E-state index contributed by atoms with van der Waals surface area (Å²) in [5.74, 6) is 1.14. The number of ether oxygens (including phenoxy) is 3. The van der Waals surface area contributed by atoms with Crippen LogP contribution in [0.4, 0.5) is 11.4 Å². The molecule has 0 saturated carbocycles. The van der Waals surface area contributed by atoms with Crippen LogP contribution in [0.5, 0.6) is 11.5 Å². The summed E-state index contributed by atoms with van der Waals surface area (Å²) in [5.41, 5.74) is 4.78. The summed E-state index contributed by atoms with van der Waals surface area (Å²) in [5, 5.41) is 2.99. The zero-order chi connectivity index (χ0) is 20.9. The van der Waals surface area contributed by atoms with Crippen molar-refractivity contribution in [3.8, 4) is 11.5 Å². The van der Waals surface area contributed by atoms with E-state index < -0.39 is 0 Å². The number of nitrogens with one attached hydrogen (secondary N) is 1. The lowest BCUT2D eigenvalue weighted by molar-refractivity contribution is 0.102. The second-order valence-corrected chi connectivity index (χ2v) is 7.66. The van der Waals surface area contributed by atoms with Crippen LogP contribution in [0.25, 0.3) is 10.2 Å². The molecule has 0 bridgehead atoms. The van der Waals surface area contributed by atoms with Gasteiger partial charge in [0, 0.05) is 30.8 Å². The maximum Gasteiger partial charge on any atom is 0.255 e. The summed E-state index contributed by atoms with van der Waals surface area (Å²) in [4.78, 5) is 19.4. The van der Waals surface area contributed by atoms with Gasteiger partial charge in [0.25, 0.3) is 5.91 Å². The predicted octanol–water partition coefficient (Wildman–Crippen LogP) is 4.18. The molecule has 7 nitrogen and oxygen atoms in total. The average molecular weight is 428 g/mol. The Bertz CT molecular complexity index is 1030. The number of carbonyl (C=O) groups is 1. The number of thiazole rings is 1. The molecule has 2 aromatic carbocycles. The number of amides is 1. The molecule has 1 N–H and O–H groups in total. The smallest absolute Gasteiger partial charge is 0.255 e. The number of rotatable bonds is 7. The first-order chi connectivity index (χ1) is 14.7. The molecule has 1 saturated heterocycles. The normalized spacial score (nSPS) is 14.0. The number of hydrogen-bond acceptors (Lipinski definition) is 7. The van der Waals surface area contributed by atoms with E-state index in [0.717, 1.165) is 34.7 Å². The molecule has 158 valence electrons. The Kier molecular flexibility index (Phi) is 6.35. The van der Waals surface area contributed by atoms with Gasteiger partial charge in [-0.1, -0.05) is 0 Å². The van der Waals surface area contributed by atoms with Gasteiger partial charge in [-0.25, -0.2) is 4.98 Å². The van der Waals surface area contributed by atoms with Crippen LogP contribution in [0.2, 0.25) is 0 Å². The Labute approximate surface area is 179 Å². The first kappa shape index (κ1) is 20.4. The standard InChI is InChI=1S/C22H25N3O4S/c1-3-28-19-13-18(25-7-9-27-10-8-25)20(29-4-2)12-17(19)24-22(26)15-5-6-16-21(11-15)30-14-23-16/h5-6,11-14H,3-4,7-10H2,1-2H3,(H,24,26). The van der Waals surface area contributed by atoms with Crippen LogP contribution in [0.1, 0.15) is 24.2 Å². The van der Waals surface area contributed by atoms with E-state index in [-0.39, 0.29) is 5.91 Å². The third-order valence-electron chi connectivity index (χ3n) is 4.85. The molecule has 4 rings (SSSR count). The molecule has 1 amide bonds. The third kappa shape index (κ3) is 4.34. The van der Waals surface area contributed by atoms with Crippen molar-refractivity contribution in [3.63, 3.8) is 0 Å². The maximum atomic E-state index is 12.9. The Morgan fingerprint density at radius 3 is 2.67 bits per heavy atom. The minimum Gasteiger partial charge on any atom is -0.492 e. The van der Waals surface area contributed by atoms with Crippen molar-refractivity contribution < 1.29 is 19.0 Å². The minimum absolute atomic E-state index is 0.201. The highest BCUT2D eigenvalue weighted by Gasteiger charge is 2.21. The topological polar surface area (TPSA) is 72.9 Å². The molecule has 3 aromatic rings. The number of nitrogens with zero attached hydrogens (tertiary/aromatic N) is 2. The molecule has 0 atom stereocenters. The quantitative estimate of drug-likeness (QED) is 0.610. The van der Waals surface area contributed by atoms with Crippen molar-refractivity contribution >= 4 is 38.8 Å². The van der Waals surface area contributed by atoms with Gasteiger partial charge in [-0.3, -0.25) is 4.79 Å². The Hall–Kier alpha value is -2.84. The molecule has 1 aliphatic rings. The summed E-state index contributed by atoms with van der Waals surface area (Å²) >= 11 is 1.51. The van der Waals surface area contributed by atoms with Crippen LogP contribution in [-0.4, -0.2) is 50.4 Å². The van der Waals surface area contributed by atoms with E-state index in [1.165, 1.54) is 11.3 Å². The lowest BCUT2D eigenvalue weighted by Gasteiger charge is -2.31. The zero-order valence-electron chi connectivity index (χ0n) is 17.1. The van der Waals surface area contributed by atoms with Gasteiger partial charge in [0.15, 0.2) is 0 Å². The van der Waals surface area contributed by atoms with Gasteiger partial charge < -0.3 is 24.4 Å². The fraction of sp³-hybridized carbons (Fsp3) is 0.364. The number of morpholine rings is 1. The molecular formula is C22H25N3O4S. The molecule has 8 heteroatoms. The van der Waals surface area contributed by atoms with E-state index in [1.54, 1.807) is 11.6 Å². The Morgan fingerprint density at radius 1 is 1.13 bits per heavy atom. The maximum absolute atomic E-state index is 12.9. The van der Waals surface area contributed by atoms with Crippen LogP contribution in [0.3, 0.4) is 0 Å². The van der Waals surface area contributed by atoms with E-state index in [0.29, 0.717) is 43.4 Å². The Balaban J connectivity index is 1.66. The van der Waals surface area contributed by atoms with Gasteiger partial charge in [-0.05, 0) is 32.0 Å². The summed E-state index contributed by atoms with van der Waals surface area (Å²) in [6.07, 6.45) is 0. The first-order valence-electron chi connectivity index (χ1n) is 10.1. The molecular weight excluding hydrogens is 402 g/mol. The molecule has 0 unspecified atom stereocenters. The van der Waals surface area contributed by atoms with Crippen molar-refractivity contribution in [2.45, 2.75) is 13.8 Å². The first-order valence-corrected chi connectivity index (χ1v) is 11.0. The minimum atomic E-state index is -0.201. The molecule has 0 aliphatic carbocycles. The van der Waals surface area contributed by atoms with Crippen molar-refractivity contribution in [1.82, 2.24) is 4.98 Å². The van der Waals surface area contributed by atoms with Crippen molar-refractivity contribution in [1.29, 1.82) is 0 Å². The van der Waals surface area contributed by atoms with Gasteiger partial charge in [-0.15, -0.1) is 11.3 Å². The summed E-state index contributed by atoms with van der Waals surface area (Å²) in [6.45, 7) is 7.81. The van der Waals surface area contributed by atoms with E-state index in [2.05, 4.69) is 15.2 Å². The number of hydrogen-bond donors (Lipinski definition) is 1. The van der Waals surface area contributed by atoms with Gasteiger partial charge >= 0.3 is 0 Å². The largest absolute Gasteiger partial charge is 0.492 e. The number of anilines is 2. The van der Waals surface area contributed by atoms with E-state index >= 15 is 0 Å². The predicted molar refractivity (Wildman–Crippen MR) is 119 cm³/mol. The van der Waals surface area contributed by atoms with Gasteiger partial charge in [0.2, 0.25) is 0 Å². The van der Waals surface area contributed by atoms with Gasteiger partial charge in [0.1, 0.15) is 11.5 Å². The van der Waals surface area contributed by atoms with Crippen molar-refractivity contribution in [2.75, 3.05) is 49.7 Å². The van der Waals surface area contributed by atoms with E-state index in [4.69, 9.17) is 14.2 Å². The lowest BCUT2D eigenvalue weighted by Crippen LogP contribution is -2.36. The van der Waals surface area contributed by atoms with Crippen LogP contribution in [0, 0.1) is 0 Å². The summed E-state index contributed by atoms with van der Waals surface area (Å²) in [6, 6.07) is 9.29. The summed E-state index contributed by atoms with van der Waals surface area (Å²) in [7, 11) is 0. The number of benzene rings is 2. The number of fused-ring (bicyclic) bond motifs is 1. The van der Waals surface area contributed by atoms with Crippen LogP contribution >= 0.6 is 11.3 Å².